The molecule has 7 heteroatoms. The van der Waals surface area contributed by atoms with Crippen LogP contribution in [-0.2, 0) is 6.42 Å². The molecule has 0 aliphatic rings. The molecule has 5 nitrogen and oxygen atoms in total. The van der Waals surface area contributed by atoms with Gasteiger partial charge < -0.3 is 10.6 Å². The van der Waals surface area contributed by atoms with E-state index in [0.29, 0.717) is 16.4 Å². The van der Waals surface area contributed by atoms with Gasteiger partial charge in [-0.15, -0.1) is 5.10 Å². The summed E-state index contributed by atoms with van der Waals surface area (Å²) in [4.78, 5) is 14.9. The molecule has 1 amide bonds. The standard InChI is InChI=1S/C11H18N4OS2/c1-4-5-8-9(18-14-13-8)11(16)15(3)6-7(2)10(12)17/h7H,4-6H2,1-3H3,(H2,12,17). The van der Waals surface area contributed by atoms with Crippen LogP contribution in [0, 0.1) is 5.92 Å². The number of amides is 1. The smallest absolute Gasteiger partial charge is 0.267 e. The fourth-order valence-corrected chi connectivity index (χ4v) is 2.31. The molecule has 0 fully saturated rings. The van der Waals surface area contributed by atoms with Crippen LogP contribution in [0.1, 0.15) is 35.6 Å². The molecule has 2 N–H and O–H groups in total. The van der Waals surface area contributed by atoms with E-state index in [-0.39, 0.29) is 11.8 Å². The quantitative estimate of drug-likeness (QED) is 0.802. The van der Waals surface area contributed by atoms with Crippen LogP contribution in [0.4, 0.5) is 0 Å². The number of carbonyl (C=O) groups excluding carboxylic acids is 1. The number of carbonyl (C=O) groups is 1. The van der Waals surface area contributed by atoms with E-state index in [1.165, 1.54) is 0 Å². The zero-order valence-corrected chi connectivity index (χ0v) is 12.5. The van der Waals surface area contributed by atoms with Gasteiger partial charge >= 0.3 is 0 Å². The van der Waals surface area contributed by atoms with Crippen molar-refractivity contribution in [3.05, 3.63) is 10.6 Å². The van der Waals surface area contributed by atoms with E-state index in [9.17, 15) is 4.79 Å². The Morgan fingerprint density at radius 3 is 2.83 bits per heavy atom. The molecule has 1 heterocycles. The third-order valence-corrected chi connectivity index (χ3v) is 3.78. The van der Waals surface area contributed by atoms with Gasteiger partial charge in [0.05, 0.1) is 10.7 Å². The molecule has 0 aliphatic heterocycles. The molecule has 0 aliphatic carbocycles. The Balaban J connectivity index is 2.74. The number of aryl methyl sites for hydroxylation is 1. The van der Waals surface area contributed by atoms with E-state index in [4.69, 9.17) is 18.0 Å². The summed E-state index contributed by atoms with van der Waals surface area (Å²) in [5.41, 5.74) is 6.33. The maximum absolute atomic E-state index is 12.2. The first kappa shape index (κ1) is 15.0. The summed E-state index contributed by atoms with van der Waals surface area (Å²) in [5.74, 6) is -0.0546. The van der Waals surface area contributed by atoms with Crippen LogP contribution in [0.5, 0.6) is 0 Å². The van der Waals surface area contributed by atoms with E-state index < -0.39 is 0 Å². The van der Waals surface area contributed by atoms with Gasteiger partial charge in [-0.1, -0.05) is 37.0 Å². The van der Waals surface area contributed by atoms with Crippen LogP contribution in [-0.4, -0.2) is 39.0 Å². The first-order valence-corrected chi connectivity index (χ1v) is 7.01. The van der Waals surface area contributed by atoms with Crippen LogP contribution in [0.15, 0.2) is 0 Å². The lowest BCUT2D eigenvalue weighted by Crippen LogP contribution is -2.35. The minimum Gasteiger partial charge on any atom is -0.393 e. The molecule has 0 saturated heterocycles. The number of nitrogens with two attached hydrogens (primary N) is 1. The summed E-state index contributed by atoms with van der Waals surface area (Å²) < 4.78 is 3.85. The Hall–Kier alpha value is -1.08. The van der Waals surface area contributed by atoms with Crippen LogP contribution in [0.2, 0.25) is 0 Å². The average Bonchev–Trinajstić information content (AvgIpc) is 2.76. The number of hydrogen-bond acceptors (Lipinski definition) is 5. The molecule has 0 saturated carbocycles. The predicted molar refractivity (Wildman–Crippen MR) is 76.8 cm³/mol. The molecule has 0 spiro atoms. The van der Waals surface area contributed by atoms with Crippen LogP contribution < -0.4 is 5.73 Å². The molecular formula is C11H18N4OS2. The van der Waals surface area contributed by atoms with Gasteiger partial charge in [-0.3, -0.25) is 4.79 Å². The minimum atomic E-state index is -0.0587. The molecule has 0 aromatic carbocycles. The SMILES string of the molecule is CCCc1nnsc1C(=O)N(C)CC(C)C(N)=S. The summed E-state index contributed by atoms with van der Waals surface area (Å²) in [6.45, 7) is 4.47. The minimum absolute atomic E-state index is 0.00413. The maximum Gasteiger partial charge on any atom is 0.267 e. The topological polar surface area (TPSA) is 72.1 Å². The van der Waals surface area contributed by atoms with Gasteiger partial charge in [0.2, 0.25) is 0 Å². The second-order valence-electron chi connectivity index (χ2n) is 4.29. The third kappa shape index (κ3) is 3.71. The Kier molecular flexibility index (Phi) is 5.61. The molecule has 100 valence electrons. The van der Waals surface area contributed by atoms with Crippen molar-refractivity contribution in [2.24, 2.45) is 11.7 Å². The van der Waals surface area contributed by atoms with Gasteiger partial charge in [-0.05, 0) is 18.0 Å². The number of rotatable bonds is 6. The molecule has 1 rings (SSSR count). The highest BCUT2D eigenvalue weighted by Crippen LogP contribution is 2.15. The van der Waals surface area contributed by atoms with E-state index >= 15 is 0 Å². The molecule has 18 heavy (non-hydrogen) atoms. The van der Waals surface area contributed by atoms with E-state index in [0.717, 1.165) is 30.1 Å². The van der Waals surface area contributed by atoms with E-state index in [1.807, 2.05) is 13.8 Å². The maximum atomic E-state index is 12.2. The van der Waals surface area contributed by atoms with Crippen molar-refractivity contribution in [2.75, 3.05) is 13.6 Å². The van der Waals surface area contributed by atoms with Gasteiger partial charge in [-0.25, -0.2) is 0 Å². The molecule has 1 aromatic heterocycles. The number of aromatic nitrogens is 2. The lowest BCUT2D eigenvalue weighted by molar-refractivity contribution is 0.0790. The predicted octanol–water partition coefficient (Wildman–Crippen LogP) is 1.48. The van der Waals surface area contributed by atoms with Crippen LogP contribution in [0.3, 0.4) is 0 Å². The van der Waals surface area contributed by atoms with Gasteiger partial charge in [0.1, 0.15) is 4.88 Å². The molecule has 1 aromatic rings. The summed E-state index contributed by atoms with van der Waals surface area (Å²) in [6, 6.07) is 0. The van der Waals surface area contributed by atoms with Crippen molar-refractivity contribution >= 4 is 34.6 Å². The van der Waals surface area contributed by atoms with Gasteiger partial charge in [-0.2, -0.15) is 0 Å². The molecule has 1 unspecified atom stereocenters. The third-order valence-electron chi connectivity index (χ3n) is 2.62. The summed E-state index contributed by atoms with van der Waals surface area (Å²) in [6.07, 6.45) is 1.72. The van der Waals surface area contributed by atoms with Crippen LogP contribution >= 0.6 is 23.8 Å². The lowest BCUT2D eigenvalue weighted by atomic mass is 10.1. The monoisotopic (exact) mass is 286 g/mol. The molecule has 0 bridgehead atoms. The largest absolute Gasteiger partial charge is 0.393 e. The number of nitrogens with zero attached hydrogens (tertiary/aromatic N) is 3. The number of thiocarbonyl (C=S) groups is 1. The zero-order valence-electron chi connectivity index (χ0n) is 10.8. The fraction of sp³-hybridized carbons (Fsp3) is 0.636. The molecular weight excluding hydrogens is 268 g/mol. The summed E-state index contributed by atoms with van der Waals surface area (Å²) in [7, 11) is 1.74. The Morgan fingerprint density at radius 2 is 2.28 bits per heavy atom. The van der Waals surface area contributed by atoms with Crippen molar-refractivity contribution in [3.63, 3.8) is 0 Å². The molecule has 1 atom stereocenters. The highest BCUT2D eigenvalue weighted by molar-refractivity contribution is 7.80. The second kappa shape index (κ2) is 6.75. The summed E-state index contributed by atoms with van der Waals surface area (Å²) in [5, 5.41) is 3.99. The summed E-state index contributed by atoms with van der Waals surface area (Å²) >= 11 is 6.05. The highest BCUT2D eigenvalue weighted by Gasteiger charge is 2.21. The zero-order chi connectivity index (χ0) is 13.7. The van der Waals surface area contributed by atoms with E-state index in [2.05, 4.69) is 9.59 Å². The van der Waals surface area contributed by atoms with Gasteiger partial charge in [0, 0.05) is 19.5 Å². The Bertz CT molecular complexity index is 432. The average molecular weight is 286 g/mol. The van der Waals surface area contributed by atoms with Crippen molar-refractivity contribution in [3.8, 4) is 0 Å². The first-order valence-electron chi connectivity index (χ1n) is 5.83. The Labute approximate surface area is 117 Å². The lowest BCUT2D eigenvalue weighted by Gasteiger charge is -2.20. The van der Waals surface area contributed by atoms with E-state index in [1.54, 1.807) is 11.9 Å². The van der Waals surface area contributed by atoms with Crippen molar-refractivity contribution in [1.82, 2.24) is 14.5 Å². The fourth-order valence-electron chi connectivity index (χ4n) is 1.53. The Morgan fingerprint density at radius 1 is 1.61 bits per heavy atom. The van der Waals surface area contributed by atoms with Crippen molar-refractivity contribution in [1.29, 1.82) is 0 Å². The highest BCUT2D eigenvalue weighted by atomic mass is 32.1. The normalized spacial score (nSPS) is 12.2. The molecule has 0 radical (unpaired) electrons. The van der Waals surface area contributed by atoms with Crippen LogP contribution in [0.25, 0.3) is 0 Å². The van der Waals surface area contributed by atoms with Gasteiger partial charge in [0.25, 0.3) is 5.91 Å². The second-order valence-corrected chi connectivity index (χ2v) is 5.51. The van der Waals surface area contributed by atoms with Gasteiger partial charge in [0.15, 0.2) is 0 Å². The van der Waals surface area contributed by atoms with Crippen molar-refractivity contribution < 1.29 is 4.79 Å². The number of hydrogen-bond donors (Lipinski definition) is 1. The first-order chi connectivity index (χ1) is 8.47. The van der Waals surface area contributed by atoms with Crippen molar-refractivity contribution in [2.45, 2.75) is 26.7 Å².